The van der Waals surface area contributed by atoms with Crippen LogP contribution in [0.3, 0.4) is 0 Å². The van der Waals surface area contributed by atoms with Gasteiger partial charge in [-0.15, -0.1) is 11.8 Å². The van der Waals surface area contributed by atoms with Crippen LogP contribution >= 0.6 is 11.8 Å². The number of carbonyl (C=O) groups excluding carboxylic acids is 15. The summed E-state index contributed by atoms with van der Waals surface area (Å²) in [5.41, 5.74) is 20.5. The highest BCUT2D eigenvalue weighted by molar-refractivity contribution is 8.00. The number of aromatic amines is 1. The number of aliphatic hydroxyl groups is 2. The Morgan fingerprint density at radius 2 is 1.04 bits per heavy atom. The summed E-state index contributed by atoms with van der Waals surface area (Å²) in [7, 11) is 3.89. The highest BCUT2D eigenvalue weighted by Gasteiger charge is 2.47. The molecule has 3 heterocycles. The summed E-state index contributed by atoms with van der Waals surface area (Å²) >= 11 is 0.635. The van der Waals surface area contributed by atoms with Crippen molar-refractivity contribution in [1.82, 2.24) is 72.0 Å². The molecule has 139 heavy (non-hydrogen) atoms. The van der Waals surface area contributed by atoms with Crippen molar-refractivity contribution in [2.75, 3.05) is 65.4 Å². The van der Waals surface area contributed by atoms with Crippen molar-refractivity contribution in [2.45, 2.75) is 201 Å². The van der Waals surface area contributed by atoms with Crippen LogP contribution in [0.2, 0.25) is 0 Å². The molecule has 6 aromatic carbocycles. The molecule has 0 spiro atoms. The van der Waals surface area contributed by atoms with Crippen LogP contribution < -0.4 is 59.7 Å². The lowest BCUT2D eigenvalue weighted by Crippen LogP contribution is -2.60. The number of phenolic OH excluding ortho intramolecular Hbond substituents is 2. The van der Waals surface area contributed by atoms with Crippen LogP contribution in [0.15, 0.2) is 152 Å². The number of carboxylic acid groups (broad SMARTS) is 1. The molecule has 0 aliphatic carbocycles. The third-order valence-electron chi connectivity index (χ3n) is 24.4. The predicted molar refractivity (Wildman–Crippen MR) is 505 cm³/mol. The van der Waals surface area contributed by atoms with E-state index in [0.717, 1.165) is 19.6 Å². The predicted octanol–water partition coefficient (Wildman–Crippen LogP) is 0.514. The van der Waals surface area contributed by atoms with E-state index in [1.54, 1.807) is 124 Å². The second-order valence-corrected chi connectivity index (χ2v) is 36.1. The fourth-order valence-corrected chi connectivity index (χ4v) is 17.4. The molecule has 0 bridgehead atoms. The first-order valence-electron chi connectivity index (χ1n) is 45.6. The van der Waals surface area contributed by atoms with E-state index in [-0.39, 0.29) is 100 Å². The van der Waals surface area contributed by atoms with E-state index in [1.165, 1.54) is 62.4 Å². The van der Waals surface area contributed by atoms with Crippen molar-refractivity contribution in [2.24, 2.45) is 23.1 Å². The molecule has 2 fully saturated rings. The van der Waals surface area contributed by atoms with Crippen molar-refractivity contribution >= 4 is 117 Å². The summed E-state index contributed by atoms with van der Waals surface area (Å²) in [6.07, 6.45) is -3.76. The number of hydrogen-bond donors (Lipinski definition) is 17. The number of unbranched alkanes of at least 4 members (excludes halogenated alkanes) is 1. The number of aldehydes is 1. The number of para-hydroxylation sites is 1. The fourth-order valence-electron chi connectivity index (χ4n) is 16.6. The van der Waals surface area contributed by atoms with E-state index < -0.39 is 247 Å². The molecule has 38 nitrogen and oxygen atoms in total. The summed E-state index contributed by atoms with van der Waals surface area (Å²) in [5, 5.41) is 73.9. The van der Waals surface area contributed by atoms with Crippen molar-refractivity contribution in [3.63, 3.8) is 0 Å². The molecule has 748 valence electrons. The number of ketones is 1. The van der Waals surface area contributed by atoms with Gasteiger partial charge in [0.25, 0.3) is 0 Å². The number of likely N-dealkylation sites (N-methyl/N-ethyl adjacent to an activating group) is 3. The van der Waals surface area contributed by atoms with Crippen LogP contribution in [-0.4, -0.2) is 306 Å². The number of aliphatic hydroxyl groups excluding tert-OH is 2. The number of hydrogen-bond acceptors (Lipinski definition) is 24. The van der Waals surface area contributed by atoms with Gasteiger partial charge in [0, 0.05) is 95.6 Å². The summed E-state index contributed by atoms with van der Waals surface area (Å²) in [6.45, 7) is 3.07. The highest BCUT2D eigenvalue weighted by atomic mass is 32.2. The second kappa shape index (κ2) is 52.2. The molecule has 0 saturated carbocycles. The average Bonchev–Trinajstić information content (AvgIpc) is 1.67. The number of fused-ring (bicyclic) bond motifs is 1. The third kappa shape index (κ3) is 31.2. The van der Waals surface area contributed by atoms with Crippen LogP contribution in [0.25, 0.3) is 10.9 Å². The lowest BCUT2D eigenvalue weighted by Gasteiger charge is -2.37. The molecular formula is C97H122F3N17O21S. The largest absolute Gasteiger partial charge is 0.508 e. The van der Waals surface area contributed by atoms with Crippen LogP contribution in [0, 0.1) is 23.4 Å². The number of β-amino-alcohol motifs (C(OH)–C–C–N with tert-alkyl or cyclic N) is 2. The van der Waals surface area contributed by atoms with Crippen molar-refractivity contribution in [3.8, 4) is 11.5 Å². The zero-order valence-electron chi connectivity index (χ0n) is 77.9. The van der Waals surface area contributed by atoms with Gasteiger partial charge in [-0.2, -0.15) is 0 Å². The van der Waals surface area contributed by atoms with Gasteiger partial charge in [0.2, 0.25) is 76.8 Å². The number of nitrogens with zero attached hydrogens (tertiary/aromatic N) is 5. The molecule has 7 aromatic rings. The first-order valence-corrected chi connectivity index (χ1v) is 46.8. The second-order valence-electron chi connectivity index (χ2n) is 35.1. The molecule has 15 atom stereocenters. The molecule has 1 aromatic heterocycles. The standard InChI is InChI=1S/C97H122F3N17O21S/c1-7-8-25-76(96(137)117-50-65(122)44-78(117)91(132)107-61(51-118)43-84(126)127)113(4)95(136)80(41-56-20-13-10-14-21-56)115(6)93(134)74(39-59-35-67(98)85(100)68(99)36-59)108-83(125)53-139-52-75(87(128)106-48-82(102)124)112-88(129)70(24-17-34-101)109-89(130)71(37-57-26-30-62(119)31-27-57)110-90(131)72(42-60-46-104-69-23-16-15-22-66(60)69)111-92(133)79-45-64(121)49-116(79)94(135)73(38-58-28-32-63(120)33-29-58)105-47-81(123)77(40-55-18-11-9-12-19-55)114(5)97(138)86(103)54(2)3/h9-16,18-23,26-33,35-36,46,51,54,61,64-65,70-80,86,104-105,119-122H,7-8,17,24-25,34,37-45,47-50,52-53,101,103H2,1-6H3,(H2,102,124)(H,106,128)(H,107,132)(H,108,125)(H,109,130)(H,110,131)(H,111,133)(H,112,129)(H,126,127)/t61-,64-,65+,70-,71-,72-,73-,74-,75-,76-,77-,78+,79+,80?,86-/m0/s1. The number of aromatic nitrogens is 1. The summed E-state index contributed by atoms with van der Waals surface area (Å²) in [4.78, 5) is 237. The van der Waals surface area contributed by atoms with E-state index >= 15 is 37.5 Å². The van der Waals surface area contributed by atoms with Gasteiger partial charge < -0.3 is 114 Å². The SMILES string of the molecule is CCCC[C@@H](C(=O)N1C[C@H](O)C[C@@H]1C(=O)N[C@H](C=O)CC(=O)O)N(C)C(=O)C(Cc1ccccc1)N(C)C(=O)[C@H](Cc1cc(F)c(F)c(F)c1)NC(=O)CSC[C@H](NC(=O)[C@H](CCCN)NC(=O)[C@H](Cc1ccc(O)cc1)NC(=O)[C@H](Cc1c[nH]c2ccccc12)NC(=O)[C@H]1C[C@H](O)CN1C(=O)[C@H](Cc1ccc(O)cc1)NCC(=O)[C@H](Cc1ccccc1)N(C)C(=O)[C@@H](N)C(C)C)C(=O)NCC(N)=O. The maximum absolute atomic E-state index is 15.5. The maximum atomic E-state index is 15.5. The van der Waals surface area contributed by atoms with Crippen LogP contribution in [0.1, 0.15) is 106 Å². The molecule has 2 aliphatic rings. The summed E-state index contributed by atoms with van der Waals surface area (Å²) < 4.78 is 44.9. The molecule has 0 radical (unpaired) electrons. The normalized spacial score (nSPS) is 17.0. The van der Waals surface area contributed by atoms with Crippen LogP contribution in [-0.2, 0) is 115 Å². The molecule has 20 N–H and O–H groups in total. The lowest BCUT2D eigenvalue weighted by atomic mass is 9.97. The van der Waals surface area contributed by atoms with Crippen molar-refractivity contribution in [3.05, 3.63) is 203 Å². The highest BCUT2D eigenvalue weighted by Crippen LogP contribution is 2.29. The molecule has 9 rings (SSSR count). The molecule has 2 saturated heterocycles. The Kier molecular flexibility index (Phi) is 40.9. The number of nitrogens with one attached hydrogen (secondary N) is 9. The number of benzene rings is 6. The monoisotopic (exact) mass is 1950 g/mol. The Balaban J connectivity index is 0.962. The average molecular weight is 1950 g/mol. The zero-order chi connectivity index (χ0) is 102. The number of primary amides is 1. The van der Waals surface area contributed by atoms with E-state index in [2.05, 4.69) is 47.5 Å². The van der Waals surface area contributed by atoms with Crippen LogP contribution in [0.4, 0.5) is 13.2 Å². The Morgan fingerprint density at radius 3 is 1.59 bits per heavy atom. The quantitative estimate of drug-likeness (QED) is 0.0182. The number of aliphatic carboxylic acids is 1. The van der Waals surface area contributed by atoms with Gasteiger partial charge in [-0.1, -0.05) is 137 Å². The van der Waals surface area contributed by atoms with Gasteiger partial charge in [-0.3, -0.25) is 77.2 Å². The fraction of sp³-hybridized carbons (Fsp3) is 0.443. The number of carboxylic acids is 1. The van der Waals surface area contributed by atoms with Crippen molar-refractivity contribution in [1.29, 1.82) is 0 Å². The van der Waals surface area contributed by atoms with Crippen LogP contribution in [0.5, 0.6) is 11.5 Å². The minimum Gasteiger partial charge on any atom is -0.508 e. The number of aromatic hydroxyl groups is 2. The number of thioether (sulfide) groups is 1. The Hall–Kier alpha value is -13.7. The Morgan fingerprint density at radius 1 is 0.540 bits per heavy atom. The minimum absolute atomic E-state index is 0.00443. The molecule has 2 aliphatic heterocycles. The Labute approximate surface area is 805 Å². The van der Waals surface area contributed by atoms with Gasteiger partial charge in [-0.05, 0) is 120 Å². The van der Waals surface area contributed by atoms with E-state index in [4.69, 9.17) is 17.2 Å². The van der Waals surface area contributed by atoms with E-state index in [1.807, 2.05) is 0 Å². The number of amides is 13. The van der Waals surface area contributed by atoms with Gasteiger partial charge in [0.05, 0.1) is 61.6 Å². The molecular weight excluding hydrogens is 1830 g/mol. The van der Waals surface area contributed by atoms with E-state index in [0.29, 0.717) is 75.5 Å². The van der Waals surface area contributed by atoms with Gasteiger partial charge in [0.15, 0.2) is 23.2 Å². The number of H-pyrrole nitrogens is 1. The maximum Gasteiger partial charge on any atom is 0.305 e. The number of likely N-dealkylation sites (tertiary alicyclic amines) is 2. The van der Waals surface area contributed by atoms with Gasteiger partial charge in [0.1, 0.15) is 72.2 Å². The summed E-state index contributed by atoms with van der Waals surface area (Å²) in [6, 6.07) is 17.0. The topological polar surface area (TPSA) is 581 Å². The number of Topliss-reactive ketones (excluding diaryl/α,β-unsaturated/α-hetero) is 1. The minimum atomic E-state index is -1.89. The number of halogens is 3. The first kappa shape index (κ1) is 109. The first-order chi connectivity index (χ1) is 66.2. The Bertz CT molecular complexity index is 5460. The summed E-state index contributed by atoms with van der Waals surface area (Å²) in [5.74, 6) is -21.4. The number of nitrogens with two attached hydrogens (primary N) is 3. The smallest absolute Gasteiger partial charge is 0.305 e. The molecule has 42 heteroatoms. The van der Waals surface area contributed by atoms with E-state index in [9.17, 15) is 77.9 Å². The third-order valence-corrected chi connectivity index (χ3v) is 25.4. The number of phenols is 2. The lowest BCUT2D eigenvalue weighted by molar-refractivity contribution is -0.152. The van der Waals surface area contributed by atoms with Crippen molar-refractivity contribution < 1.29 is 115 Å². The molecule has 1 unspecified atom stereocenters. The number of carbonyl (C=O) groups is 16. The zero-order valence-corrected chi connectivity index (χ0v) is 78.7. The van der Waals surface area contributed by atoms with Gasteiger partial charge >= 0.3 is 5.97 Å². The van der Waals surface area contributed by atoms with Gasteiger partial charge in [-0.25, -0.2) is 13.2 Å². The number of rotatable bonds is 52. The molecule has 13 amide bonds.